The van der Waals surface area contributed by atoms with E-state index in [-0.39, 0.29) is 17.1 Å². The maximum atomic E-state index is 13.5. The van der Waals surface area contributed by atoms with Crippen molar-refractivity contribution in [3.8, 4) is 11.5 Å². The minimum atomic E-state index is -0.523. The predicted molar refractivity (Wildman–Crippen MR) is 119 cm³/mol. The molecule has 0 saturated carbocycles. The highest BCUT2D eigenvalue weighted by Gasteiger charge is 2.42. The van der Waals surface area contributed by atoms with Crippen LogP contribution in [0, 0.1) is 0 Å². The summed E-state index contributed by atoms with van der Waals surface area (Å²) in [5, 5.41) is 0.479. The zero-order valence-corrected chi connectivity index (χ0v) is 18.1. The van der Waals surface area contributed by atoms with Crippen LogP contribution in [-0.2, 0) is 0 Å². The fraction of sp³-hybridized carbons (Fsp3) is 0.360. The van der Waals surface area contributed by atoms with Crippen molar-refractivity contribution in [1.29, 1.82) is 0 Å². The van der Waals surface area contributed by atoms with Crippen LogP contribution < -0.4 is 14.9 Å². The minimum absolute atomic E-state index is 0.137. The number of rotatable bonds is 8. The summed E-state index contributed by atoms with van der Waals surface area (Å²) in [6.07, 6.45) is 2.90. The second kappa shape index (κ2) is 8.84. The van der Waals surface area contributed by atoms with Crippen LogP contribution >= 0.6 is 0 Å². The summed E-state index contributed by atoms with van der Waals surface area (Å²) in [6, 6.07) is 12.1. The van der Waals surface area contributed by atoms with Crippen LogP contribution in [0.15, 0.2) is 51.7 Å². The molecule has 6 nitrogen and oxygen atoms in total. The lowest BCUT2D eigenvalue weighted by molar-refractivity contribution is 0.0724. The van der Waals surface area contributed by atoms with Gasteiger partial charge in [-0.15, -0.1) is 0 Å². The van der Waals surface area contributed by atoms with Crippen LogP contribution in [0.2, 0.25) is 0 Å². The van der Waals surface area contributed by atoms with E-state index in [0.29, 0.717) is 41.2 Å². The lowest BCUT2D eigenvalue weighted by atomic mass is 9.98. The van der Waals surface area contributed by atoms with Gasteiger partial charge in [0.1, 0.15) is 5.58 Å². The molecule has 0 spiro atoms. The Morgan fingerprint density at radius 3 is 2.58 bits per heavy atom. The Morgan fingerprint density at radius 1 is 1.03 bits per heavy atom. The molecule has 0 radical (unpaired) electrons. The molecule has 6 heteroatoms. The normalized spacial score (nSPS) is 15.4. The van der Waals surface area contributed by atoms with Gasteiger partial charge in [0.25, 0.3) is 5.91 Å². The third-order valence-electron chi connectivity index (χ3n) is 5.68. The van der Waals surface area contributed by atoms with Crippen molar-refractivity contribution in [1.82, 2.24) is 4.90 Å². The van der Waals surface area contributed by atoms with Gasteiger partial charge in [0.15, 0.2) is 16.9 Å². The summed E-state index contributed by atoms with van der Waals surface area (Å²) >= 11 is 0. The van der Waals surface area contributed by atoms with Gasteiger partial charge in [0.2, 0.25) is 5.76 Å². The van der Waals surface area contributed by atoms with Crippen molar-refractivity contribution >= 4 is 16.9 Å². The number of carbonyl (C=O) groups is 1. The SMILES string of the molecule is CCCCCN1C(=O)c2oc3ccccc3c(=O)c2C1c1ccc(OCC)c(OC)c1. The highest BCUT2D eigenvalue weighted by molar-refractivity contribution is 5.99. The molecule has 1 aliphatic heterocycles. The number of nitrogens with zero attached hydrogens (tertiary/aromatic N) is 1. The third-order valence-corrected chi connectivity index (χ3v) is 5.68. The molecule has 1 aromatic heterocycles. The van der Waals surface area contributed by atoms with Gasteiger partial charge in [0, 0.05) is 6.54 Å². The number of para-hydroxylation sites is 1. The molecule has 2 aromatic carbocycles. The van der Waals surface area contributed by atoms with Crippen LogP contribution in [0.5, 0.6) is 11.5 Å². The molecule has 1 atom stereocenters. The first-order chi connectivity index (χ1) is 15.1. The van der Waals surface area contributed by atoms with Gasteiger partial charge >= 0.3 is 0 Å². The van der Waals surface area contributed by atoms with E-state index in [4.69, 9.17) is 13.9 Å². The minimum Gasteiger partial charge on any atom is -0.493 e. The fourth-order valence-corrected chi connectivity index (χ4v) is 4.21. The molecule has 3 aromatic rings. The molecule has 2 heterocycles. The molecule has 0 N–H and O–H groups in total. The zero-order valence-electron chi connectivity index (χ0n) is 18.1. The number of unbranched alkanes of at least 4 members (excludes halogenated alkanes) is 2. The van der Waals surface area contributed by atoms with Gasteiger partial charge in [-0.25, -0.2) is 0 Å². The molecular weight excluding hydrogens is 394 g/mol. The van der Waals surface area contributed by atoms with E-state index in [2.05, 4.69) is 6.92 Å². The summed E-state index contributed by atoms with van der Waals surface area (Å²) < 4.78 is 17.1. The maximum Gasteiger partial charge on any atom is 0.290 e. The average Bonchev–Trinajstić information content (AvgIpc) is 3.07. The maximum absolute atomic E-state index is 13.5. The molecule has 1 amide bonds. The third kappa shape index (κ3) is 3.67. The molecular formula is C25H27NO5. The number of fused-ring (bicyclic) bond motifs is 2. The number of ether oxygens (including phenoxy) is 2. The summed E-state index contributed by atoms with van der Waals surface area (Å²) in [5.41, 5.74) is 1.46. The fourth-order valence-electron chi connectivity index (χ4n) is 4.21. The molecule has 0 aliphatic carbocycles. The molecule has 1 aliphatic rings. The van der Waals surface area contributed by atoms with E-state index in [1.54, 1.807) is 36.3 Å². The van der Waals surface area contributed by atoms with E-state index in [1.165, 1.54) is 0 Å². The van der Waals surface area contributed by atoms with Crippen LogP contribution in [0.1, 0.15) is 60.8 Å². The Bertz CT molecular complexity index is 1170. The summed E-state index contributed by atoms with van der Waals surface area (Å²) in [4.78, 5) is 28.5. The second-order valence-corrected chi connectivity index (χ2v) is 7.62. The Hall–Kier alpha value is -3.28. The summed E-state index contributed by atoms with van der Waals surface area (Å²) in [7, 11) is 1.58. The quantitative estimate of drug-likeness (QED) is 0.482. The Balaban J connectivity index is 1.89. The van der Waals surface area contributed by atoms with Crippen LogP contribution in [-0.4, -0.2) is 31.1 Å². The van der Waals surface area contributed by atoms with Crippen LogP contribution in [0.25, 0.3) is 11.0 Å². The highest BCUT2D eigenvalue weighted by Crippen LogP contribution is 2.41. The highest BCUT2D eigenvalue weighted by atomic mass is 16.5. The number of hydrogen-bond donors (Lipinski definition) is 0. The number of amides is 1. The van der Waals surface area contributed by atoms with E-state index < -0.39 is 6.04 Å². The van der Waals surface area contributed by atoms with Gasteiger partial charge in [0.05, 0.1) is 30.7 Å². The van der Waals surface area contributed by atoms with Gasteiger partial charge in [-0.05, 0) is 43.2 Å². The number of methoxy groups -OCH3 is 1. The van der Waals surface area contributed by atoms with Crippen molar-refractivity contribution in [2.45, 2.75) is 39.2 Å². The Morgan fingerprint density at radius 2 is 1.84 bits per heavy atom. The van der Waals surface area contributed by atoms with Gasteiger partial charge in [-0.3, -0.25) is 9.59 Å². The molecule has 0 fully saturated rings. The molecule has 0 bridgehead atoms. The first-order valence-corrected chi connectivity index (χ1v) is 10.8. The molecule has 4 rings (SSSR count). The number of carbonyl (C=O) groups excluding carboxylic acids is 1. The van der Waals surface area contributed by atoms with Crippen LogP contribution in [0.3, 0.4) is 0 Å². The van der Waals surface area contributed by atoms with Gasteiger partial charge in [-0.1, -0.05) is 38.0 Å². The molecule has 1 unspecified atom stereocenters. The van der Waals surface area contributed by atoms with E-state index >= 15 is 0 Å². The monoisotopic (exact) mass is 421 g/mol. The lowest BCUT2D eigenvalue weighted by Gasteiger charge is -2.25. The van der Waals surface area contributed by atoms with E-state index in [9.17, 15) is 9.59 Å². The van der Waals surface area contributed by atoms with Crippen LogP contribution in [0.4, 0.5) is 0 Å². The summed E-state index contributed by atoms with van der Waals surface area (Å²) in [5.74, 6) is 1.09. The zero-order chi connectivity index (χ0) is 22.0. The van der Waals surface area contributed by atoms with Gasteiger partial charge < -0.3 is 18.8 Å². The first kappa shape index (κ1) is 21.0. The Kier molecular flexibility index (Phi) is 5.98. The number of hydrogen-bond acceptors (Lipinski definition) is 5. The summed E-state index contributed by atoms with van der Waals surface area (Å²) in [6.45, 7) is 5.09. The largest absolute Gasteiger partial charge is 0.493 e. The van der Waals surface area contributed by atoms with Crippen molar-refractivity contribution < 1.29 is 18.7 Å². The van der Waals surface area contributed by atoms with Crippen molar-refractivity contribution in [3.05, 3.63) is 69.6 Å². The van der Waals surface area contributed by atoms with Crippen molar-refractivity contribution in [2.75, 3.05) is 20.3 Å². The van der Waals surface area contributed by atoms with E-state index in [0.717, 1.165) is 24.8 Å². The lowest BCUT2D eigenvalue weighted by Crippen LogP contribution is -2.30. The molecule has 0 saturated heterocycles. The standard InChI is InChI=1S/C25H27NO5/c1-4-6-9-14-26-22(16-12-13-19(30-5-2)20(15-16)29-3)21-23(27)17-10-7-8-11-18(17)31-24(21)25(26)28/h7-8,10-13,15,22H,4-6,9,14H2,1-3H3. The Labute approximate surface area is 181 Å². The van der Waals surface area contributed by atoms with Crippen molar-refractivity contribution in [2.24, 2.45) is 0 Å². The first-order valence-electron chi connectivity index (χ1n) is 10.8. The van der Waals surface area contributed by atoms with E-state index in [1.807, 2.05) is 25.1 Å². The average molecular weight is 421 g/mol. The van der Waals surface area contributed by atoms with Gasteiger partial charge in [-0.2, -0.15) is 0 Å². The number of benzene rings is 2. The second-order valence-electron chi connectivity index (χ2n) is 7.62. The predicted octanol–water partition coefficient (Wildman–Crippen LogP) is 4.94. The topological polar surface area (TPSA) is 69.0 Å². The molecule has 31 heavy (non-hydrogen) atoms. The molecule has 162 valence electrons. The van der Waals surface area contributed by atoms with Crippen molar-refractivity contribution in [3.63, 3.8) is 0 Å². The smallest absolute Gasteiger partial charge is 0.290 e.